The van der Waals surface area contributed by atoms with E-state index < -0.39 is 30.2 Å². The predicted octanol–water partition coefficient (Wildman–Crippen LogP) is 4.16. The molecule has 7 nitrogen and oxygen atoms in total. The van der Waals surface area contributed by atoms with Crippen molar-refractivity contribution in [2.75, 3.05) is 39.4 Å². The van der Waals surface area contributed by atoms with Crippen molar-refractivity contribution < 1.29 is 36.7 Å². The molecule has 1 heterocycles. The highest BCUT2D eigenvalue weighted by molar-refractivity contribution is 5.99. The standard InChI is InChI=1S/C27H33F4N3O4/c28-22-10-20(23(35)14-32-24(36)27(29,30)31)1-2-21(22)15-34(25(37)33-3-5-38-6-4-33)16-26-11-17-7-18(12-26)9-19(8-17)13-26/h1-2,10,17-19H,3-9,11-16H2,(H,32,36). The normalized spacial score (nSPS) is 28.3. The van der Waals surface area contributed by atoms with Gasteiger partial charge in [-0.15, -0.1) is 0 Å². The van der Waals surface area contributed by atoms with Crippen molar-refractivity contribution >= 4 is 17.7 Å². The molecule has 5 aliphatic rings. The minimum absolute atomic E-state index is 0.0308. The van der Waals surface area contributed by atoms with Gasteiger partial charge in [0, 0.05) is 30.8 Å². The van der Waals surface area contributed by atoms with Crippen LogP contribution in [0.2, 0.25) is 0 Å². The highest BCUT2D eigenvalue weighted by Gasteiger charge is 2.52. The van der Waals surface area contributed by atoms with E-state index in [1.165, 1.54) is 36.7 Å². The smallest absolute Gasteiger partial charge is 0.378 e. The van der Waals surface area contributed by atoms with Gasteiger partial charge < -0.3 is 19.9 Å². The molecule has 1 aromatic carbocycles. The fraction of sp³-hybridized carbons (Fsp3) is 0.667. The van der Waals surface area contributed by atoms with Gasteiger partial charge in [-0.05, 0) is 67.8 Å². The van der Waals surface area contributed by atoms with Crippen molar-refractivity contribution in [3.63, 3.8) is 0 Å². The molecule has 38 heavy (non-hydrogen) atoms. The Balaban J connectivity index is 1.31. The third kappa shape index (κ3) is 5.82. The van der Waals surface area contributed by atoms with Gasteiger partial charge in [-0.2, -0.15) is 13.2 Å². The van der Waals surface area contributed by atoms with Crippen LogP contribution in [0.4, 0.5) is 22.4 Å². The Labute approximate surface area is 218 Å². The van der Waals surface area contributed by atoms with Crippen molar-refractivity contribution in [3.05, 3.63) is 35.1 Å². The SMILES string of the molecule is O=C(CNC(=O)C(F)(F)F)c1ccc(CN(CC23CC4CC(CC(C4)C2)C3)C(=O)N2CCOCC2)c(F)c1. The monoisotopic (exact) mass is 539 g/mol. The number of benzene rings is 1. The minimum atomic E-state index is -5.11. The summed E-state index contributed by atoms with van der Waals surface area (Å²) in [4.78, 5) is 40.4. The van der Waals surface area contributed by atoms with E-state index >= 15 is 4.39 Å². The lowest BCUT2D eigenvalue weighted by molar-refractivity contribution is -0.173. The molecule has 1 N–H and O–H groups in total. The quantitative estimate of drug-likeness (QED) is 0.417. The molecule has 0 radical (unpaired) electrons. The summed E-state index contributed by atoms with van der Waals surface area (Å²) in [6.45, 7) is 1.52. The third-order valence-corrected chi connectivity index (χ3v) is 8.65. The summed E-state index contributed by atoms with van der Waals surface area (Å²) in [5.41, 5.74) is 0.118. The molecular formula is C27H33F4N3O4. The number of hydrogen-bond acceptors (Lipinski definition) is 4. The number of amides is 3. The molecule has 0 spiro atoms. The van der Waals surface area contributed by atoms with Gasteiger partial charge in [-0.3, -0.25) is 9.59 Å². The first kappa shape index (κ1) is 26.9. The molecule has 208 valence electrons. The highest BCUT2D eigenvalue weighted by Crippen LogP contribution is 2.60. The Morgan fingerprint density at radius 3 is 2.18 bits per heavy atom. The zero-order valence-electron chi connectivity index (χ0n) is 21.2. The molecule has 1 aromatic rings. The van der Waals surface area contributed by atoms with Crippen molar-refractivity contribution in [3.8, 4) is 0 Å². The van der Waals surface area contributed by atoms with Gasteiger partial charge in [0.25, 0.3) is 0 Å². The molecule has 5 fully saturated rings. The molecule has 6 rings (SSSR count). The first-order valence-electron chi connectivity index (χ1n) is 13.3. The Morgan fingerprint density at radius 2 is 1.63 bits per heavy atom. The molecule has 1 saturated heterocycles. The first-order chi connectivity index (χ1) is 18.0. The predicted molar refractivity (Wildman–Crippen MR) is 129 cm³/mol. The van der Waals surface area contributed by atoms with Crippen LogP contribution in [-0.2, 0) is 16.1 Å². The van der Waals surface area contributed by atoms with Gasteiger partial charge in [0.1, 0.15) is 5.82 Å². The van der Waals surface area contributed by atoms with E-state index in [0.717, 1.165) is 25.3 Å². The van der Waals surface area contributed by atoms with Crippen LogP contribution >= 0.6 is 0 Å². The molecule has 11 heteroatoms. The first-order valence-corrected chi connectivity index (χ1v) is 13.3. The summed E-state index contributed by atoms with van der Waals surface area (Å²) in [6, 6.07) is 3.52. The number of hydrogen-bond donors (Lipinski definition) is 1. The lowest BCUT2D eigenvalue weighted by Gasteiger charge is -2.58. The Kier molecular flexibility index (Phi) is 7.41. The van der Waals surface area contributed by atoms with Crippen LogP contribution in [0, 0.1) is 29.0 Å². The van der Waals surface area contributed by atoms with Gasteiger partial charge in [0.05, 0.1) is 26.3 Å². The van der Waals surface area contributed by atoms with Crippen LogP contribution in [0.25, 0.3) is 0 Å². The van der Waals surface area contributed by atoms with E-state index in [4.69, 9.17) is 4.74 Å². The Hall–Kier alpha value is -2.69. The second-order valence-corrected chi connectivity index (χ2v) is 11.6. The number of nitrogens with one attached hydrogen (secondary N) is 1. The van der Waals surface area contributed by atoms with Crippen molar-refractivity contribution in [1.82, 2.24) is 15.1 Å². The molecule has 0 atom stereocenters. The van der Waals surface area contributed by atoms with Gasteiger partial charge in [-0.1, -0.05) is 12.1 Å². The summed E-state index contributed by atoms with van der Waals surface area (Å²) in [7, 11) is 0. The zero-order valence-corrected chi connectivity index (χ0v) is 21.2. The number of alkyl halides is 3. The maximum absolute atomic E-state index is 15.2. The third-order valence-electron chi connectivity index (χ3n) is 8.65. The number of ether oxygens (including phenoxy) is 1. The molecule has 1 aliphatic heterocycles. The lowest BCUT2D eigenvalue weighted by atomic mass is 9.49. The van der Waals surface area contributed by atoms with Crippen LogP contribution in [0.5, 0.6) is 0 Å². The summed E-state index contributed by atoms with van der Waals surface area (Å²) in [5, 5.41) is 1.51. The summed E-state index contributed by atoms with van der Waals surface area (Å²) >= 11 is 0. The number of nitrogens with zero attached hydrogens (tertiary/aromatic N) is 2. The summed E-state index contributed by atoms with van der Waals surface area (Å²) in [6.07, 6.45) is 1.96. The van der Waals surface area contributed by atoms with E-state index in [0.29, 0.717) is 50.6 Å². The van der Waals surface area contributed by atoms with Gasteiger partial charge in [0.15, 0.2) is 5.78 Å². The Bertz CT molecular complexity index is 1050. The highest BCUT2D eigenvalue weighted by atomic mass is 19.4. The molecule has 3 amide bonds. The van der Waals surface area contributed by atoms with Gasteiger partial charge in [0.2, 0.25) is 0 Å². The maximum atomic E-state index is 15.2. The van der Waals surface area contributed by atoms with Crippen LogP contribution in [0.3, 0.4) is 0 Å². The summed E-state index contributed by atoms with van der Waals surface area (Å²) in [5.74, 6) is -1.71. The number of ketones is 1. The van der Waals surface area contributed by atoms with Crippen LogP contribution < -0.4 is 5.32 Å². The lowest BCUT2D eigenvalue weighted by Crippen LogP contribution is -2.55. The molecule has 0 aromatic heterocycles. The van der Waals surface area contributed by atoms with Crippen molar-refractivity contribution in [1.29, 1.82) is 0 Å². The average molecular weight is 540 g/mol. The average Bonchev–Trinajstić information content (AvgIpc) is 2.86. The second-order valence-electron chi connectivity index (χ2n) is 11.6. The van der Waals surface area contributed by atoms with E-state index in [-0.39, 0.29) is 29.1 Å². The fourth-order valence-corrected chi connectivity index (χ4v) is 7.45. The molecule has 4 saturated carbocycles. The number of carbonyl (C=O) groups is 3. The van der Waals surface area contributed by atoms with Crippen LogP contribution in [0.15, 0.2) is 18.2 Å². The largest absolute Gasteiger partial charge is 0.471 e. The van der Waals surface area contributed by atoms with E-state index in [9.17, 15) is 27.6 Å². The van der Waals surface area contributed by atoms with Crippen molar-refractivity contribution in [2.45, 2.75) is 51.2 Å². The second kappa shape index (κ2) is 10.5. The fourth-order valence-electron chi connectivity index (χ4n) is 7.45. The number of carbonyl (C=O) groups excluding carboxylic acids is 3. The maximum Gasteiger partial charge on any atom is 0.471 e. The van der Waals surface area contributed by atoms with E-state index in [1.54, 1.807) is 9.80 Å². The number of morpholine rings is 1. The Morgan fingerprint density at radius 1 is 1.03 bits per heavy atom. The number of rotatable bonds is 7. The van der Waals surface area contributed by atoms with Gasteiger partial charge in [-0.25, -0.2) is 9.18 Å². The van der Waals surface area contributed by atoms with Crippen LogP contribution in [0.1, 0.15) is 54.4 Å². The number of urea groups is 1. The number of halogens is 4. The van der Waals surface area contributed by atoms with Crippen LogP contribution in [-0.4, -0.2) is 73.1 Å². The molecule has 4 bridgehead atoms. The zero-order chi connectivity index (χ0) is 27.1. The van der Waals surface area contributed by atoms with E-state index in [1.807, 2.05) is 0 Å². The minimum Gasteiger partial charge on any atom is -0.378 e. The van der Waals surface area contributed by atoms with Crippen molar-refractivity contribution in [2.24, 2.45) is 23.2 Å². The number of Topliss-reactive ketones (excluding diaryl/α,β-unsaturated/α-hetero) is 1. The van der Waals surface area contributed by atoms with Gasteiger partial charge >= 0.3 is 18.1 Å². The summed E-state index contributed by atoms with van der Waals surface area (Å²) < 4.78 is 57.7. The molecular weight excluding hydrogens is 506 g/mol. The molecule has 4 aliphatic carbocycles. The van der Waals surface area contributed by atoms with E-state index in [2.05, 4.69) is 0 Å². The topological polar surface area (TPSA) is 79.0 Å². The molecule has 0 unspecified atom stereocenters.